The van der Waals surface area contributed by atoms with Crippen LogP contribution in [0, 0.1) is 6.92 Å². The number of nitrogens with zero attached hydrogens (tertiary/aromatic N) is 4. The minimum Gasteiger partial charge on any atom is -0.378 e. The zero-order chi connectivity index (χ0) is 19.7. The van der Waals surface area contributed by atoms with Crippen LogP contribution in [0.5, 0.6) is 0 Å². The fraction of sp³-hybridized carbons (Fsp3) is 0.227. The van der Waals surface area contributed by atoms with Crippen LogP contribution in [0.25, 0.3) is 0 Å². The molecule has 0 bridgehead atoms. The lowest BCUT2D eigenvalue weighted by atomic mass is 10.2. The number of para-hydroxylation sites is 1. The molecule has 0 unspecified atom stereocenters. The molecule has 3 aromatic rings. The highest BCUT2D eigenvalue weighted by Crippen LogP contribution is 2.32. The smallest absolute Gasteiger partial charge is 0.274 e. The van der Waals surface area contributed by atoms with Gasteiger partial charge in [-0.05, 0) is 55.3 Å². The number of carbonyl (C=O) groups excluding carboxylic acids is 1. The van der Waals surface area contributed by atoms with E-state index >= 15 is 0 Å². The Bertz CT molecular complexity index is 1010. The summed E-state index contributed by atoms with van der Waals surface area (Å²) in [5, 5.41) is 2.92. The van der Waals surface area contributed by atoms with Crippen molar-refractivity contribution in [3.05, 3.63) is 71.5 Å². The summed E-state index contributed by atoms with van der Waals surface area (Å²) in [4.78, 5) is 26.0. The number of rotatable bonds is 4. The SMILES string of the molecule is Cc1cc(C(=O)Nc2ccc(N(C)C)cc2)nc(N2CCc3ccccc32)n1. The Kier molecular flexibility index (Phi) is 4.69. The summed E-state index contributed by atoms with van der Waals surface area (Å²) in [5.74, 6) is 0.329. The number of carbonyl (C=O) groups is 1. The molecule has 2 aromatic carbocycles. The van der Waals surface area contributed by atoms with Gasteiger partial charge in [-0.15, -0.1) is 0 Å². The van der Waals surface area contributed by atoms with Crippen LogP contribution in [0.1, 0.15) is 21.7 Å². The fourth-order valence-corrected chi connectivity index (χ4v) is 3.37. The average molecular weight is 373 g/mol. The van der Waals surface area contributed by atoms with Crippen molar-refractivity contribution in [2.24, 2.45) is 0 Å². The number of hydrogen-bond donors (Lipinski definition) is 1. The Morgan fingerprint density at radius 1 is 1.07 bits per heavy atom. The lowest BCUT2D eigenvalue weighted by Crippen LogP contribution is -2.20. The molecule has 0 atom stereocenters. The van der Waals surface area contributed by atoms with Crippen LogP contribution in [0.15, 0.2) is 54.6 Å². The van der Waals surface area contributed by atoms with Crippen LogP contribution in [0.4, 0.5) is 23.0 Å². The van der Waals surface area contributed by atoms with E-state index in [1.807, 2.05) is 62.3 Å². The predicted molar refractivity (Wildman–Crippen MR) is 113 cm³/mol. The maximum absolute atomic E-state index is 12.8. The first-order valence-corrected chi connectivity index (χ1v) is 9.31. The molecular formula is C22H23N5O. The van der Waals surface area contributed by atoms with Crippen molar-refractivity contribution in [2.45, 2.75) is 13.3 Å². The number of hydrogen-bond acceptors (Lipinski definition) is 5. The number of aryl methyl sites for hydroxylation is 1. The molecule has 0 fully saturated rings. The summed E-state index contributed by atoms with van der Waals surface area (Å²) in [6.45, 7) is 2.70. The van der Waals surface area contributed by atoms with Crippen molar-refractivity contribution in [3.8, 4) is 0 Å². The summed E-state index contributed by atoms with van der Waals surface area (Å²) in [6, 6.07) is 17.7. The highest BCUT2D eigenvalue weighted by Gasteiger charge is 2.23. The van der Waals surface area contributed by atoms with Crippen LogP contribution in [0.3, 0.4) is 0 Å². The molecule has 1 aliphatic heterocycles. The van der Waals surface area contributed by atoms with E-state index < -0.39 is 0 Å². The third-order valence-electron chi connectivity index (χ3n) is 4.85. The largest absolute Gasteiger partial charge is 0.378 e. The molecule has 2 heterocycles. The molecule has 1 aromatic heterocycles. The lowest BCUT2D eigenvalue weighted by molar-refractivity contribution is 0.102. The number of anilines is 4. The van der Waals surface area contributed by atoms with Crippen molar-refractivity contribution >= 4 is 28.9 Å². The monoisotopic (exact) mass is 373 g/mol. The number of benzene rings is 2. The second-order valence-electron chi connectivity index (χ2n) is 7.12. The molecule has 0 spiro atoms. The Labute approximate surface area is 164 Å². The van der Waals surface area contributed by atoms with Gasteiger partial charge >= 0.3 is 0 Å². The zero-order valence-electron chi connectivity index (χ0n) is 16.3. The van der Waals surface area contributed by atoms with E-state index in [-0.39, 0.29) is 5.91 Å². The molecule has 0 saturated heterocycles. The van der Waals surface area contributed by atoms with Gasteiger partial charge < -0.3 is 15.1 Å². The first kappa shape index (κ1) is 18.0. The second-order valence-corrected chi connectivity index (χ2v) is 7.12. The van der Waals surface area contributed by atoms with E-state index in [1.54, 1.807) is 6.07 Å². The molecule has 0 saturated carbocycles. The summed E-state index contributed by atoms with van der Waals surface area (Å²) < 4.78 is 0. The van der Waals surface area contributed by atoms with Gasteiger partial charge in [0, 0.05) is 43.4 Å². The quantitative estimate of drug-likeness (QED) is 0.754. The van der Waals surface area contributed by atoms with Crippen molar-refractivity contribution in [2.75, 3.05) is 35.8 Å². The van der Waals surface area contributed by atoms with Crippen molar-refractivity contribution in [1.82, 2.24) is 9.97 Å². The van der Waals surface area contributed by atoms with E-state index in [4.69, 9.17) is 0 Å². The normalized spacial score (nSPS) is 12.6. The summed E-state index contributed by atoms with van der Waals surface area (Å²) >= 11 is 0. The van der Waals surface area contributed by atoms with Gasteiger partial charge in [0.15, 0.2) is 0 Å². The molecule has 0 radical (unpaired) electrons. The van der Waals surface area contributed by atoms with Crippen LogP contribution < -0.4 is 15.1 Å². The van der Waals surface area contributed by atoms with Crippen LogP contribution in [0.2, 0.25) is 0 Å². The molecule has 4 rings (SSSR count). The van der Waals surface area contributed by atoms with Crippen molar-refractivity contribution < 1.29 is 4.79 Å². The van der Waals surface area contributed by atoms with E-state index in [0.29, 0.717) is 11.6 Å². The molecule has 142 valence electrons. The van der Waals surface area contributed by atoms with E-state index in [9.17, 15) is 4.79 Å². The lowest BCUT2D eigenvalue weighted by Gasteiger charge is -2.18. The average Bonchev–Trinajstić information content (AvgIpc) is 3.12. The van der Waals surface area contributed by atoms with Gasteiger partial charge in [0.2, 0.25) is 5.95 Å². The summed E-state index contributed by atoms with van der Waals surface area (Å²) in [7, 11) is 3.96. The summed E-state index contributed by atoms with van der Waals surface area (Å²) in [6.07, 6.45) is 0.952. The Hall–Kier alpha value is -3.41. The number of fused-ring (bicyclic) bond motifs is 1. The first-order valence-electron chi connectivity index (χ1n) is 9.31. The molecule has 0 aliphatic carbocycles. The standard InChI is InChI=1S/C22H23N5O/c1-15-14-19(21(28)24-17-8-10-18(11-9-17)26(2)3)25-22(23-15)27-13-12-16-6-4-5-7-20(16)27/h4-11,14H,12-13H2,1-3H3,(H,24,28). The van der Waals surface area contributed by atoms with Gasteiger partial charge in [-0.25, -0.2) is 9.97 Å². The number of aromatic nitrogens is 2. The van der Waals surface area contributed by atoms with E-state index in [1.165, 1.54) is 5.56 Å². The molecule has 1 aliphatic rings. The van der Waals surface area contributed by atoms with Gasteiger partial charge in [-0.3, -0.25) is 4.79 Å². The minimum absolute atomic E-state index is 0.239. The zero-order valence-corrected chi connectivity index (χ0v) is 16.3. The van der Waals surface area contributed by atoms with E-state index in [2.05, 4.69) is 32.3 Å². The van der Waals surface area contributed by atoms with Gasteiger partial charge in [-0.2, -0.15) is 0 Å². The van der Waals surface area contributed by atoms with E-state index in [0.717, 1.165) is 35.7 Å². The topological polar surface area (TPSA) is 61.4 Å². The molecule has 28 heavy (non-hydrogen) atoms. The molecule has 6 nitrogen and oxygen atoms in total. The fourth-order valence-electron chi connectivity index (χ4n) is 3.37. The Morgan fingerprint density at radius 2 is 1.82 bits per heavy atom. The molecule has 1 N–H and O–H groups in total. The minimum atomic E-state index is -0.239. The number of amides is 1. The summed E-state index contributed by atoms with van der Waals surface area (Å²) in [5.41, 5.74) is 5.33. The predicted octanol–water partition coefficient (Wildman–Crippen LogP) is 3.80. The third-order valence-corrected chi connectivity index (χ3v) is 4.85. The van der Waals surface area contributed by atoms with Crippen molar-refractivity contribution in [3.63, 3.8) is 0 Å². The van der Waals surface area contributed by atoms with Crippen LogP contribution >= 0.6 is 0 Å². The van der Waals surface area contributed by atoms with Crippen LogP contribution in [-0.4, -0.2) is 36.5 Å². The van der Waals surface area contributed by atoms with Gasteiger partial charge in [0.1, 0.15) is 5.69 Å². The van der Waals surface area contributed by atoms with Gasteiger partial charge in [0.25, 0.3) is 5.91 Å². The van der Waals surface area contributed by atoms with Crippen molar-refractivity contribution in [1.29, 1.82) is 0 Å². The van der Waals surface area contributed by atoms with Gasteiger partial charge in [0.05, 0.1) is 0 Å². The van der Waals surface area contributed by atoms with Gasteiger partial charge in [-0.1, -0.05) is 18.2 Å². The maximum atomic E-state index is 12.8. The maximum Gasteiger partial charge on any atom is 0.274 e. The molecular weight excluding hydrogens is 350 g/mol. The Balaban J connectivity index is 1.58. The highest BCUT2D eigenvalue weighted by molar-refractivity contribution is 6.03. The van der Waals surface area contributed by atoms with Crippen LogP contribution in [-0.2, 0) is 6.42 Å². The highest BCUT2D eigenvalue weighted by atomic mass is 16.1. The molecule has 1 amide bonds. The second kappa shape index (κ2) is 7.31. The number of nitrogens with one attached hydrogen (secondary N) is 1. The Morgan fingerprint density at radius 3 is 2.57 bits per heavy atom. The molecule has 6 heteroatoms. The third kappa shape index (κ3) is 3.53. The first-order chi connectivity index (χ1) is 13.5.